The number of nitrogens with one attached hydrogen (secondary N) is 1. The summed E-state index contributed by atoms with van der Waals surface area (Å²) in [7, 11) is 1.83. The molecule has 2 aliphatic heterocycles. The molecule has 3 heterocycles. The number of carbonyl (C=O) groups is 2. The summed E-state index contributed by atoms with van der Waals surface area (Å²) in [4.78, 5) is 26.9. The number of aryl methyl sites for hydroxylation is 2. The lowest BCUT2D eigenvalue weighted by Gasteiger charge is -2.42. The Morgan fingerprint density at radius 3 is 2.82 bits per heavy atom. The summed E-state index contributed by atoms with van der Waals surface area (Å²) in [6.07, 6.45) is 2.45. The Balaban J connectivity index is 1.64. The van der Waals surface area contributed by atoms with E-state index in [1.807, 2.05) is 31.3 Å². The fourth-order valence-electron chi connectivity index (χ4n) is 4.24. The number of nitrogens with zero attached hydrogens (tertiary/aromatic N) is 2. The van der Waals surface area contributed by atoms with Crippen molar-refractivity contribution in [1.82, 2.24) is 15.4 Å². The summed E-state index contributed by atoms with van der Waals surface area (Å²) in [5.74, 6) is 1.21. The number of amides is 2. The van der Waals surface area contributed by atoms with Crippen molar-refractivity contribution in [3.05, 3.63) is 46.8 Å². The Kier molecular flexibility index (Phi) is 4.61. The third-order valence-electron chi connectivity index (χ3n) is 5.89. The predicted octanol–water partition coefficient (Wildman–Crippen LogP) is 2.93. The van der Waals surface area contributed by atoms with E-state index in [0.29, 0.717) is 42.8 Å². The second-order valence-electron chi connectivity index (χ2n) is 7.82. The second-order valence-corrected chi connectivity index (χ2v) is 7.82. The van der Waals surface area contributed by atoms with Crippen LogP contribution in [0.15, 0.2) is 28.8 Å². The number of fused-ring (bicyclic) bond motifs is 1. The van der Waals surface area contributed by atoms with Crippen LogP contribution in [0.3, 0.4) is 0 Å². The molecule has 1 aromatic carbocycles. The van der Waals surface area contributed by atoms with E-state index in [1.165, 1.54) is 0 Å². The van der Waals surface area contributed by atoms with Gasteiger partial charge in [-0.1, -0.05) is 23.4 Å². The molecule has 2 atom stereocenters. The maximum Gasteiger partial charge on any atom is 0.257 e. The highest BCUT2D eigenvalue weighted by Gasteiger charge is 2.43. The van der Waals surface area contributed by atoms with Gasteiger partial charge in [0.15, 0.2) is 0 Å². The average molecular weight is 383 g/mol. The molecular formula is C21H25N3O4. The van der Waals surface area contributed by atoms with Crippen molar-refractivity contribution in [1.29, 1.82) is 0 Å². The zero-order valence-electron chi connectivity index (χ0n) is 16.4. The van der Waals surface area contributed by atoms with Crippen LogP contribution in [0.2, 0.25) is 0 Å². The molecule has 1 saturated heterocycles. The molecule has 2 aliphatic rings. The lowest BCUT2D eigenvalue weighted by molar-refractivity contribution is -0.129. The van der Waals surface area contributed by atoms with E-state index < -0.39 is 5.60 Å². The lowest BCUT2D eigenvalue weighted by atomic mass is 9.82. The molecule has 0 saturated carbocycles. The van der Waals surface area contributed by atoms with Gasteiger partial charge in [0, 0.05) is 38.4 Å². The number of benzene rings is 1. The molecule has 1 N–H and O–H groups in total. The van der Waals surface area contributed by atoms with E-state index in [9.17, 15) is 9.59 Å². The maximum absolute atomic E-state index is 13.0. The Morgan fingerprint density at radius 1 is 1.29 bits per heavy atom. The zero-order valence-corrected chi connectivity index (χ0v) is 16.4. The van der Waals surface area contributed by atoms with E-state index in [2.05, 4.69) is 10.5 Å². The van der Waals surface area contributed by atoms with Gasteiger partial charge in [0.1, 0.15) is 22.7 Å². The molecule has 0 radical (unpaired) electrons. The molecule has 0 aliphatic carbocycles. The van der Waals surface area contributed by atoms with E-state index in [0.717, 1.165) is 17.7 Å². The number of carbonyl (C=O) groups excluding carboxylic acids is 2. The standard InChI is InChI=1S/C21H25N3O4/c1-13-19(14(2)28-23-13)20(26)22-16-12-21(9-8-18(25)24(3)11-10-21)27-17-7-5-4-6-15(16)17/h4-7,16H,8-12H2,1-3H3,(H,22,26)/t16-,21+/m1/s1. The zero-order chi connectivity index (χ0) is 19.9. The number of hydrogen-bond donors (Lipinski definition) is 1. The Hall–Kier alpha value is -2.83. The van der Waals surface area contributed by atoms with E-state index >= 15 is 0 Å². The van der Waals surface area contributed by atoms with E-state index in [-0.39, 0.29) is 17.9 Å². The summed E-state index contributed by atoms with van der Waals surface area (Å²) in [5.41, 5.74) is 1.54. The first-order chi connectivity index (χ1) is 13.4. The molecule has 2 aromatic rings. The number of para-hydroxylation sites is 1. The SMILES string of the molecule is Cc1noc(C)c1C(=O)N[C@@H]1C[C@@]2(CCC(=O)N(C)CC2)Oc2ccccc21. The molecule has 148 valence electrons. The van der Waals surface area contributed by atoms with Crippen molar-refractivity contribution >= 4 is 11.8 Å². The van der Waals surface area contributed by atoms with E-state index in [1.54, 1.807) is 18.7 Å². The van der Waals surface area contributed by atoms with Gasteiger partial charge in [-0.2, -0.15) is 0 Å². The van der Waals surface area contributed by atoms with Crippen LogP contribution < -0.4 is 10.1 Å². The minimum atomic E-state index is -0.467. The number of hydrogen-bond acceptors (Lipinski definition) is 5. The largest absolute Gasteiger partial charge is 0.487 e. The van der Waals surface area contributed by atoms with Crippen molar-refractivity contribution in [2.75, 3.05) is 13.6 Å². The van der Waals surface area contributed by atoms with Gasteiger partial charge in [0.25, 0.3) is 5.91 Å². The third kappa shape index (κ3) is 3.25. The highest BCUT2D eigenvalue weighted by Crippen LogP contribution is 2.44. The first kappa shape index (κ1) is 18.5. The first-order valence-electron chi connectivity index (χ1n) is 9.64. The lowest BCUT2D eigenvalue weighted by Crippen LogP contribution is -2.46. The molecule has 1 fully saturated rings. The fraction of sp³-hybridized carbons (Fsp3) is 0.476. The van der Waals surface area contributed by atoms with Crippen LogP contribution in [0.5, 0.6) is 5.75 Å². The number of rotatable bonds is 2. The number of aromatic nitrogens is 1. The van der Waals surface area contributed by atoms with Crippen LogP contribution in [0.1, 0.15) is 59.1 Å². The van der Waals surface area contributed by atoms with Gasteiger partial charge >= 0.3 is 0 Å². The first-order valence-corrected chi connectivity index (χ1v) is 9.64. The molecule has 4 rings (SSSR count). The van der Waals surface area contributed by atoms with Crippen molar-refractivity contribution in [3.63, 3.8) is 0 Å². The third-order valence-corrected chi connectivity index (χ3v) is 5.89. The van der Waals surface area contributed by atoms with Crippen molar-refractivity contribution in [2.24, 2.45) is 0 Å². The van der Waals surface area contributed by atoms with Gasteiger partial charge in [-0.3, -0.25) is 9.59 Å². The van der Waals surface area contributed by atoms with Crippen LogP contribution in [0, 0.1) is 13.8 Å². The van der Waals surface area contributed by atoms with Crippen LogP contribution in [-0.2, 0) is 4.79 Å². The van der Waals surface area contributed by atoms with Crippen LogP contribution in [0.4, 0.5) is 0 Å². The smallest absolute Gasteiger partial charge is 0.257 e. The summed E-state index contributed by atoms with van der Waals surface area (Å²) in [5, 5.41) is 7.04. The maximum atomic E-state index is 13.0. The van der Waals surface area contributed by atoms with E-state index in [4.69, 9.17) is 9.26 Å². The highest BCUT2D eigenvalue weighted by molar-refractivity contribution is 5.96. The van der Waals surface area contributed by atoms with Crippen molar-refractivity contribution < 1.29 is 18.8 Å². The minimum Gasteiger partial charge on any atom is -0.487 e. The highest BCUT2D eigenvalue weighted by atomic mass is 16.5. The van der Waals surface area contributed by atoms with Gasteiger partial charge in [-0.05, 0) is 26.3 Å². The van der Waals surface area contributed by atoms with Gasteiger partial charge in [-0.15, -0.1) is 0 Å². The van der Waals surface area contributed by atoms with Crippen molar-refractivity contribution in [2.45, 2.75) is 51.2 Å². The summed E-state index contributed by atoms with van der Waals surface area (Å²) in [6, 6.07) is 7.58. The number of ether oxygens (including phenoxy) is 1. The molecule has 7 heteroatoms. The minimum absolute atomic E-state index is 0.135. The molecule has 28 heavy (non-hydrogen) atoms. The molecule has 1 spiro atoms. The van der Waals surface area contributed by atoms with Gasteiger partial charge in [0.2, 0.25) is 5.91 Å². The van der Waals surface area contributed by atoms with Crippen molar-refractivity contribution in [3.8, 4) is 5.75 Å². The Bertz CT molecular complexity index is 903. The van der Waals surface area contributed by atoms with Gasteiger partial charge in [0.05, 0.1) is 11.7 Å². The van der Waals surface area contributed by atoms with Crippen LogP contribution >= 0.6 is 0 Å². The summed E-state index contributed by atoms with van der Waals surface area (Å²) >= 11 is 0. The monoisotopic (exact) mass is 383 g/mol. The molecule has 2 amide bonds. The second kappa shape index (κ2) is 6.96. The molecular weight excluding hydrogens is 358 g/mol. The number of likely N-dealkylation sites (tertiary alicyclic amines) is 1. The van der Waals surface area contributed by atoms with Gasteiger partial charge in [-0.25, -0.2) is 0 Å². The average Bonchev–Trinajstić information content (AvgIpc) is 2.96. The predicted molar refractivity (Wildman–Crippen MR) is 102 cm³/mol. The molecule has 1 aromatic heterocycles. The molecule has 0 unspecified atom stereocenters. The fourth-order valence-corrected chi connectivity index (χ4v) is 4.24. The normalized spacial score (nSPS) is 24.5. The Morgan fingerprint density at radius 2 is 2.07 bits per heavy atom. The summed E-state index contributed by atoms with van der Waals surface area (Å²) in [6.45, 7) is 4.14. The Labute approximate surface area is 164 Å². The molecule has 7 nitrogen and oxygen atoms in total. The molecule has 0 bridgehead atoms. The van der Waals surface area contributed by atoms with Crippen LogP contribution in [0.25, 0.3) is 0 Å². The quantitative estimate of drug-likeness (QED) is 0.862. The topological polar surface area (TPSA) is 84.7 Å². The van der Waals surface area contributed by atoms with Crippen LogP contribution in [-0.4, -0.2) is 41.1 Å². The van der Waals surface area contributed by atoms with Gasteiger partial charge < -0.3 is 19.5 Å². The summed E-state index contributed by atoms with van der Waals surface area (Å²) < 4.78 is 11.6.